The number of nitrogens with zero attached hydrogens (tertiary/aromatic N) is 4. The molecule has 0 aliphatic carbocycles. The Morgan fingerprint density at radius 2 is 1.93 bits per heavy atom. The summed E-state index contributed by atoms with van der Waals surface area (Å²) in [4.78, 5) is 29.8. The molecule has 6 nitrogen and oxygen atoms in total. The number of nitrogens with one attached hydrogen (secondary N) is 1. The van der Waals surface area contributed by atoms with Crippen LogP contribution >= 0.6 is 11.8 Å². The van der Waals surface area contributed by atoms with Gasteiger partial charge in [0.05, 0.1) is 29.2 Å². The average molecular weight is 408 g/mol. The highest BCUT2D eigenvalue weighted by atomic mass is 32.2. The number of fused-ring (bicyclic) bond motifs is 1. The summed E-state index contributed by atoms with van der Waals surface area (Å²) in [5.41, 5.74) is 5.12. The lowest BCUT2D eigenvalue weighted by Crippen LogP contribution is -2.40. The fourth-order valence-electron chi connectivity index (χ4n) is 3.62. The van der Waals surface area contributed by atoms with Gasteiger partial charge in [0.1, 0.15) is 5.52 Å². The van der Waals surface area contributed by atoms with E-state index in [1.165, 1.54) is 4.90 Å². The van der Waals surface area contributed by atoms with E-state index in [0.29, 0.717) is 12.2 Å². The maximum atomic E-state index is 12.8. The van der Waals surface area contributed by atoms with Crippen LogP contribution in [0.25, 0.3) is 11.2 Å². The molecule has 0 spiro atoms. The van der Waals surface area contributed by atoms with Gasteiger partial charge in [-0.1, -0.05) is 0 Å². The number of aromatic nitrogens is 3. The van der Waals surface area contributed by atoms with Gasteiger partial charge in [0.2, 0.25) is 5.91 Å². The molecule has 0 saturated carbocycles. The van der Waals surface area contributed by atoms with Gasteiger partial charge < -0.3 is 10.2 Å². The predicted octanol–water partition coefficient (Wildman–Crippen LogP) is 4.22. The van der Waals surface area contributed by atoms with Gasteiger partial charge in [-0.05, 0) is 63.3 Å². The van der Waals surface area contributed by atoms with Crippen molar-refractivity contribution in [3.63, 3.8) is 0 Å². The third-order valence-electron chi connectivity index (χ3n) is 5.43. The molecule has 0 radical (unpaired) electrons. The van der Waals surface area contributed by atoms with Gasteiger partial charge in [0.25, 0.3) is 0 Å². The Morgan fingerprint density at radius 3 is 2.69 bits per heavy atom. The number of hydrogen-bond donors (Lipinski definition) is 1. The first kappa shape index (κ1) is 19.6. The summed E-state index contributed by atoms with van der Waals surface area (Å²) < 4.78 is 0. The Bertz CT molecular complexity index is 1040. The molecule has 0 bridgehead atoms. The SMILES string of the molecule is CSc1ccc(NC(=O)[C@@H]2CCCN(c3cnc4nc(C)c(C)nc4c3)C2)cc1. The molecule has 3 aromatic rings. The van der Waals surface area contributed by atoms with Crippen molar-refractivity contribution in [2.45, 2.75) is 31.6 Å². The van der Waals surface area contributed by atoms with Crippen LogP contribution in [0.15, 0.2) is 41.4 Å². The number of piperidine rings is 1. The van der Waals surface area contributed by atoms with Crippen LogP contribution in [0, 0.1) is 19.8 Å². The van der Waals surface area contributed by atoms with Crippen LogP contribution in [0.4, 0.5) is 11.4 Å². The van der Waals surface area contributed by atoms with Crippen LogP contribution in [0.1, 0.15) is 24.2 Å². The van der Waals surface area contributed by atoms with Crippen molar-refractivity contribution >= 4 is 40.2 Å². The minimum absolute atomic E-state index is 0.0505. The van der Waals surface area contributed by atoms with Crippen LogP contribution < -0.4 is 10.2 Å². The van der Waals surface area contributed by atoms with E-state index in [0.717, 1.165) is 47.7 Å². The van der Waals surface area contributed by atoms with E-state index in [1.54, 1.807) is 11.8 Å². The number of aryl methyl sites for hydroxylation is 2. The summed E-state index contributed by atoms with van der Waals surface area (Å²) in [6.45, 7) is 5.50. The Morgan fingerprint density at radius 1 is 1.17 bits per heavy atom. The van der Waals surface area contributed by atoms with E-state index in [1.807, 2.05) is 56.6 Å². The minimum atomic E-state index is -0.0505. The third kappa shape index (κ3) is 4.34. The van der Waals surface area contributed by atoms with Crippen LogP contribution in [-0.4, -0.2) is 40.2 Å². The molecule has 1 aliphatic rings. The first-order valence-electron chi connectivity index (χ1n) is 9.84. The zero-order valence-electron chi connectivity index (χ0n) is 17.0. The van der Waals surface area contributed by atoms with E-state index in [4.69, 9.17) is 0 Å². The topological polar surface area (TPSA) is 71.0 Å². The highest BCUT2D eigenvalue weighted by Crippen LogP contribution is 2.26. The number of carbonyl (C=O) groups excluding carboxylic acids is 1. The zero-order valence-corrected chi connectivity index (χ0v) is 17.8. The highest BCUT2D eigenvalue weighted by Gasteiger charge is 2.26. The highest BCUT2D eigenvalue weighted by molar-refractivity contribution is 7.98. The number of thioether (sulfide) groups is 1. The van der Waals surface area contributed by atoms with Gasteiger partial charge in [0, 0.05) is 23.7 Å². The molecule has 4 rings (SSSR count). The summed E-state index contributed by atoms with van der Waals surface area (Å²) in [6, 6.07) is 10.0. The maximum Gasteiger partial charge on any atom is 0.229 e. The molecule has 1 aliphatic heterocycles. The first-order chi connectivity index (χ1) is 14.0. The molecule has 1 saturated heterocycles. The van der Waals surface area contributed by atoms with Crippen LogP contribution in [0.2, 0.25) is 0 Å². The lowest BCUT2D eigenvalue weighted by atomic mass is 9.96. The lowest BCUT2D eigenvalue weighted by molar-refractivity contribution is -0.120. The summed E-state index contributed by atoms with van der Waals surface area (Å²) in [5, 5.41) is 3.07. The number of carbonyl (C=O) groups is 1. The summed E-state index contributed by atoms with van der Waals surface area (Å²) in [5.74, 6) is 0.0251. The standard InChI is InChI=1S/C22H25N5OS/c1-14-15(2)25-21-20(24-14)11-18(12-23-21)27-10-4-5-16(13-27)22(28)26-17-6-8-19(29-3)9-7-17/h6-9,11-12,16H,4-5,10,13H2,1-3H3,(H,26,28)/t16-/m1/s1. The molecule has 1 aromatic carbocycles. The monoisotopic (exact) mass is 407 g/mol. The van der Waals surface area contributed by atoms with Crippen molar-refractivity contribution in [2.75, 3.05) is 29.6 Å². The van der Waals surface area contributed by atoms with E-state index in [2.05, 4.69) is 25.2 Å². The van der Waals surface area contributed by atoms with Gasteiger partial charge in [0.15, 0.2) is 5.65 Å². The molecule has 1 fully saturated rings. The van der Waals surface area contributed by atoms with E-state index in [-0.39, 0.29) is 11.8 Å². The smallest absolute Gasteiger partial charge is 0.229 e. The van der Waals surface area contributed by atoms with Gasteiger partial charge in [-0.2, -0.15) is 0 Å². The molecule has 1 amide bonds. The second kappa shape index (κ2) is 8.37. The zero-order chi connectivity index (χ0) is 20.4. The number of rotatable bonds is 4. The quantitative estimate of drug-likeness (QED) is 0.653. The van der Waals surface area contributed by atoms with Crippen molar-refractivity contribution in [2.24, 2.45) is 5.92 Å². The first-order valence-corrected chi connectivity index (χ1v) is 11.1. The third-order valence-corrected chi connectivity index (χ3v) is 6.18. The normalized spacial score (nSPS) is 16.8. The van der Waals surface area contributed by atoms with Crippen molar-refractivity contribution in [1.82, 2.24) is 15.0 Å². The second-order valence-corrected chi connectivity index (χ2v) is 8.31. The van der Waals surface area contributed by atoms with Crippen LogP contribution in [-0.2, 0) is 4.79 Å². The minimum Gasteiger partial charge on any atom is -0.369 e. The summed E-state index contributed by atoms with van der Waals surface area (Å²) in [7, 11) is 0. The number of benzene rings is 1. The van der Waals surface area contributed by atoms with Gasteiger partial charge in [-0.15, -0.1) is 11.8 Å². The lowest BCUT2D eigenvalue weighted by Gasteiger charge is -2.33. The van der Waals surface area contributed by atoms with E-state index < -0.39 is 0 Å². The fraction of sp³-hybridized carbons (Fsp3) is 0.364. The molecule has 0 unspecified atom stereocenters. The van der Waals surface area contributed by atoms with Crippen molar-refractivity contribution in [3.05, 3.63) is 47.9 Å². The Kier molecular flexibility index (Phi) is 5.67. The maximum absolute atomic E-state index is 12.8. The van der Waals surface area contributed by atoms with Crippen LogP contribution in [0.3, 0.4) is 0 Å². The van der Waals surface area contributed by atoms with E-state index >= 15 is 0 Å². The van der Waals surface area contributed by atoms with Crippen LogP contribution in [0.5, 0.6) is 0 Å². The summed E-state index contributed by atoms with van der Waals surface area (Å²) in [6.07, 6.45) is 5.75. The molecule has 3 heterocycles. The largest absolute Gasteiger partial charge is 0.369 e. The average Bonchev–Trinajstić information content (AvgIpc) is 2.75. The molecular weight excluding hydrogens is 382 g/mol. The molecule has 1 atom stereocenters. The molecule has 1 N–H and O–H groups in total. The fourth-order valence-corrected chi connectivity index (χ4v) is 4.03. The van der Waals surface area contributed by atoms with Crippen molar-refractivity contribution in [1.29, 1.82) is 0 Å². The molecular formula is C22H25N5OS. The Labute approximate surface area is 175 Å². The van der Waals surface area contributed by atoms with E-state index in [9.17, 15) is 4.79 Å². The number of amides is 1. The molecule has 29 heavy (non-hydrogen) atoms. The Hall–Kier alpha value is -2.67. The Balaban J connectivity index is 1.48. The van der Waals surface area contributed by atoms with Gasteiger partial charge in [-0.3, -0.25) is 4.79 Å². The summed E-state index contributed by atoms with van der Waals surface area (Å²) >= 11 is 1.69. The van der Waals surface area contributed by atoms with Gasteiger partial charge in [-0.25, -0.2) is 15.0 Å². The second-order valence-electron chi connectivity index (χ2n) is 7.43. The molecule has 150 valence electrons. The van der Waals surface area contributed by atoms with Crippen molar-refractivity contribution < 1.29 is 4.79 Å². The number of anilines is 2. The number of hydrogen-bond acceptors (Lipinski definition) is 6. The van der Waals surface area contributed by atoms with Gasteiger partial charge >= 0.3 is 0 Å². The predicted molar refractivity (Wildman–Crippen MR) is 119 cm³/mol. The molecule has 7 heteroatoms. The molecule has 2 aromatic heterocycles. The van der Waals surface area contributed by atoms with Crippen molar-refractivity contribution in [3.8, 4) is 0 Å². The number of pyridine rings is 1.